The molecule has 0 atom stereocenters. The van der Waals surface area contributed by atoms with E-state index in [0.717, 1.165) is 50.7 Å². The SMILES string of the molecule is [Pt+2].[Pt+2].[c-]1ccccc1-c1cccc(-c2ccccn2)n1.[c-]1ccccc1-c1cccc(-c2ccccn2)n1.[c-]1coc2oc[c-]c12. The number of hydrogen-bond donors (Lipinski definition) is 0. The molecule has 0 aliphatic carbocycles. The summed E-state index contributed by atoms with van der Waals surface area (Å²) in [7, 11) is 0. The zero-order valence-electron chi connectivity index (χ0n) is 24.1. The van der Waals surface area contributed by atoms with Gasteiger partial charge < -0.3 is 26.4 Å². The number of fused-ring (bicyclic) bond motifs is 1. The molecule has 0 aliphatic heterocycles. The number of nitrogens with zero attached hydrogens (tertiary/aromatic N) is 4. The van der Waals surface area contributed by atoms with Gasteiger partial charge in [-0.15, -0.1) is 71.8 Å². The van der Waals surface area contributed by atoms with Crippen LogP contribution in [0.2, 0.25) is 0 Å². The first-order chi connectivity index (χ1) is 21.8. The van der Waals surface area contributed by atoms with Gasteiger partial charge in [0.05, 0.1) is 22.8 Å². The smallest absolute Gasteiger partial charge is 0.573 e. The second kappa shape index (κ2) is 17.7. The van der Waals surface area contributed by atoms with Gasteiger partial charge in [-0.2, -0.15) is 0 Å². The topological polar surface area (TPSA) is 77.8 Å². The second-order valence-electron chi connectivity index (χ2n) is 9.22. The Labute approximate surface area is 296 Å². The number of furan rings is 2. The van der Waals surface area contributed by atoms with Crippen LogP contribution in [0.1, 0.15) is 0 Å². The van der Waals surface area contributed by atoms with E-state index in [1.165, 1.54) is 12.5 Å². The van der Waals surface area contributed by atoms with Crippen molar-refractivity contribution in [1.29, 1.82) is 0 Å². The van der Waals surface area contributed by atoms with Crippen molar-refractivity contribution >= 4 is 11.2 Å². The normalized spacial score (nSPS) is 9.83. The maximum absolute atomic E-state index is 4.80. The summed E-state index contributed by atoms with van der Waals surface area (Å²) in [6.07, 6.45) is 6.45. The number of hydrogen-bond acceptors (Lipinski definition) is 6. The van der Waals surface area contributed by atoms with Crippen molar-refractivity contribution in [1.82, 2.24) is 19.9 Å². The maximum atomic E-state index is 4.80. The van der Waals surface area contributed by atoms with Gasteiger partial charge in [0.2, 0.25) is 0 Å². The second-order valence-corrected chi connectivity index (χ2v) is 9.22. The predicted molar refractivity (Wildman–Crippen MR) is 170 cm³/mol. The van der Waals surface area contributed by atoms with Gasteiger partial charge in [0.1, 0.15) is 0 Å². The molecule has 2 aromatic carbocycles. The van der Waals surface area contributed by atoms with E-state index in [-0.39, 0.29) is 42.1 Å². The molecule has 8 heteroatoms. The van der Waals surface area contributed by atoms with E-state index in [2.05, 4.69) is 44.2 Å². The van der Waals surface area contributed by atoms with Crippen LogP contribution in [0.4, 0.5) is 0 Å². The monoisotopic (exact) mass is 958 g/mol. The van der Waals surface area contributed by atoms with Gasteiger partial charge in [0, 0.05) is 18.2 Å². The molecule has 6 nitrogen and oxygen atoms in total. The molecule has 0 saturated carbocycles. The molecule has 8 rings (SSSR count). The summed E-state index contributed by atoms with van der Waals surface area (Å²) in [5.74, 6) is 0.491. The Hall–Kier alpha value is -4.76. The van der Waals surface area contributed by atoms with Crippen molar-refractivity contribution in [2.24, 2.45) is 0 Å². The molecule has 0 fully saturated rings. The Balaban J connectivity index is 0.000000163. The molecule has 0 aliphatic rings. The Morgan fingerprint density at radius 3 is 1.24 bits per heavy atom. The Bertz CT molecular complexity index is 1740. The van der Waals surface area contributed by atoms with Crippen molar-refractivity contribution in [3.8, 4) is 45.3 Å². The summed E-state index contributed by atoms with van der Waals surface area (Å²) in [6, 6.07) is 51.1. The first-order valence-electron chi connectivity index (χ1n) is 13.8. The minimum atomic E-state index is 0. The first-order valence-corrected chi connectivity index (χ1v) is 13.8. The van der Waals surface area contributed by atoms with E-state index in [1.807, 2.05) is 121 Å². The Morgan fingerprint density at radius 1 is 0.413 bits per heavy atom. The van der Waals surface area contributed by atoms with Crippen molar-refractivity contribution in [2.75, 3.05) is 0 Å². The fourth-order valence-corrected chi connectivity index (χ4v) is 4.18. The summed E-state index contributed by atoms with van der Waals surface area (Å²) in [5.41, 5.74) is 7.35. The van der Waals surface area contributed by atoms with Gasteiger partial charge >= 0.3 is 42.1 Å². The van der Waals surface area contributed by atoms with E-state index in [1.54, 1.807) is 12.4 Å². The van der Waals surface area contributed by atoms with Gasteiger partial charge in [-0.05, 0) is 47.8 Å². The van der Waals surface area contributed by atoms with E-state index < -0.39 is 0 Å². The van der Waals surface area contributed by atoms with E-state index >= 15 is 0 Å². The fraction of sp³-hybridized carbons (Fsp3) is 0. The predicted octanol–water partition coefficient (Wildman–Crippen LogP) is 8.84. The summed E-state index contributed by atoms with van der Waals surface area (Å²) in [6.45, 7) is 0. The molecular formula is C38H24N4O2Pt2. The molecule has 0 unspecified atom stereocenters. The number of benzene rings is 2. The van der Waals surface area contributed by atoms with Crippen molar-refractivity contribution in [3.63, 3.8) is 0 Å². The molecule has 0 spiro atoms. The molecule has 6 heterocycles. The molecular weight excluding hydrogens is 935 g/mol. The number of aromatic nitrogens is 4. The fourth-order valence-electron chi connectivity index (χ4n) is 4.18. The minimum Gasteiger partial charge on any atom is -0.573 e. The standard InChI is InChI=1S/2C16H11N2.C6H2O2.2Pt/c2*1-2-7-13(8-3-1)14-10-6-11-16(18-14)15-9-4-5-12-17-15;1-3-7-6-5(1)2-4-8-6;;/h2*1-7,9-12H;3-4H;;/q2*-1;-2;2*+2. The van der Waals surface area contributed by atoms with Crippen LogP contribution in [-0.2, 0) is 42.1 Å². The van der Waals surface area contributed by atoms with Gasteiger partial charge in [0.25, 0.3) is 0 Å². The molecule has 46 heavy (non-hydrogen) atoms. The minimum absolute atomic E-state index is 0. The third-order valence-electron chi connectivity index (χ3n) is 6.27. The van der Waals surface area contributed by atoms with Gasteiger partial charge in [-0.25, -0.2) is 0 Å². The van der Waals surface area contributed by atoms with Crippen molar-refractivity contribution in [2.45, 2.75) is 0 Å². The Morgan fingerprint density at radius 2 is 0.848 bits per heavy atom. The van der Waals surface area contributed by atoms with Crippen LogP contribution in [0, 0.1) is 24.3 Å². The van der Waals surface area contributed by atoms with Crippen molar-refractivity contribution in [3.05, 3.63) is 171 Å². The quantitative estimate of drug-likeness (QED) is 0.164. The molecule has 0 radical (unpaired) electrons. The van der Waals surface area contributed by atoms with E-state index in [9.17, 15) is 0 Å². The van der Waals surface area contributed by atoms with E-state index in [0.29, 0.717) is 5.78 Å². The molecule has 228 valence electrons. The summed E-state index contributed by atoms with van der Waals surface area (Å²) in [5, 5.41) is 0.769. The van der Waals surface area contributed by atoms with Crippen LogP contribution in [-0.4, -0.2) is 19.9 Å². The zero-order chi connectivity index (χ0) is 29.8. The average molecular weight is 959 g/mol. The van der Waals surface area contributed by atoms with Gasteiger partial charge in [-0.1, -0.05) is 48.9 Å². The molecule has 0 N–H and O–H groups in total. The number of rotatable bonds is 4. The van der Waals surface area contributed by atoms with Gasteiger partial charge in [0.15, 0.2) is 0 Å². The third-order valence-corrected chi connectivity index (χ3v) is 6.27. The molecule has 0 saturated heterocycles. The molecule has 0 bridgehead atoms. The zero-order valence-corrected chi connectivity index (χ0v) is 28.6. The molecule has 0 amide bonds. The van der Waals surface area contributed by atoms with Crippen LogP contribution >= 0.6 is 0 Å². The Kier molecular flexibility index (Phi) is 13.1. The summed E-state index contributed by atoms with van der Waals surface area (Å²) >= 11 is 0. The number of pyridine rings is 4. The first kappa shape index (κ1) is 34.1. The van der Waals surface area contributed by atoms with Crippen LogP contribution in [0.5, 0.6) is 0 Å². The van der Waals surface area contributed by atoms with Crippen molar-refractivity contribution < 1.29 is 51.0 Å². The summed E-state index contributed by atoms with van der Waals surface area (Å²) in [4.78, 5) is 17.9. The van der Waals surface area contributed by atoms with Gasteiger partial charge in [-0.3, -0.25) is 19.9 Å². The largest absolute Gasteiger partial charge is 2.00 e. The maximum Gasteiger partial charge on any atom is 2.00 e. The average Bonchev–Trinajstić information content (AvgIpc) is 3.77. The van der Waals surface area contributed by atoms with E-state index in [4.69, 9.17) is 8.83 Å². The van der Waals surface area contributed by atoms with Crippen LogP contribution < -0.4 is 0 Å². The third kappa shape index (κ3) is 9.14. The van der Waals surface area contributed by atoms with Crippen LogP contribution in [0.15, 0.2) is 155 Å². The molecule has 6 aromatic heterocycles. The van der Waals surface area contributed by atoms with Crippen LogP contribution in [0.3, 0.4) is 0 Å². The van der Waals surface area contributed by atoms with Crippen LogP contribution in [0.25, 0.3) is 56.5 Å². The summed E-state index contributed by atoms with van der Waals surface area (Å²) < 4.78 is 9.61. The molecule has 8 aromatic rings.